The van der Waals surface area contributed by atoms with Crippen LogP contribution in [-0.4, -0.2) is 11.2 Å². The molecule has 0 radical (unpaired) electrons. The largest absolute Gasteiger partial charge is 0.359 e. The molecule has 0 aliphatic heterocycles. The van der Waals surface area contributed by atoms with Gasteiger partial charge in [-0.2, -0.15) is 0 Å². The number of nitrogens with one attached hydrogen (secondary N) is 2. The fourth-order valence-corrected chi connectivity index (χ4v) is 2.99. The summed E-state index contributed by atoms with van der Waals surface area (Å²) < 4.78 is 0. The molecule has 19 heavy (non-hydrogen) atoms. The lowest BCUT2D eigenvalue weighted by Crippen LogP contribution is -2.43. The van der Waals surface area contributed by atoms with Crippen LogP contribution in [0, 0.1) is 12.8 Å². The highest BCUT2D eigenvalue weighted by atomic mass is 35.5. The van der Waals surface area contributed by atoms with E-state index in [-0.39, 0.29) is 0 Å². The summed E-state index contributed by atoms with van der Waals surface area (Å²) in [6.45, 7) is 4.29. The highest BCUT2D eigenvalue weighted by Gasteiger charge is 2.21. The van der Waals surface area contributed by atoms with Crippen LogP contribution < -0.4 is 10.6 Å². The van der Waals surface area contributed by atoms with Crippen molar-refractivity contribution in [3.63, 3.8) is 0 Å². The summed E-state index contributed by atoms with van der Waals surface area (Å²) >= 11 is 11.5. The summed E-state index contributed by atoms with van der Waals surface area (Å²) in [4.78, 5) is 0. The Hall–Kier alpha value is -0.800. The van der Waals surface area contributed by atoms with Gasteiger partial charge in [0.15, 0.2) is 5.11 Å². The third-order valence-electron chi connectivity index (χ3n) is 3.86. The van der Waals surface area contributed by atoms with E-state index in [2.05, 4.69) is 17.6 Å². The lowest BCUT2D eigenvalue weighted by Gasteiger charge is -2.30. The quantitative estimate of drug-likeness (QED) is 0.785. The Kier molecular flexibility index (Phi) is 5.06. The van der Waals surface area contributed by atoms with Gasteiger partial charge in [-0.05, 0) is 55.6 Å². The summed E-state index contributed by atoms with van der Waals surface area (Å²) in [5.41, 5.74) is 2.02. The average Bonchev–Trinajstić information content (AvgIpc) is 2.37. The molecule has 2 N–H and O–H groups in total. The molecule has 2 atom stereocenters. The number of anilines is 1. The molecule has 0 unspecified atom stereocenters. The number of hydrogen-bond donors (Lipinski definition) is 2. The van der Waals surface area contributed by atoms with Gasteiger partial charge >= 0.3 is 0 Å². The van der Waals surface area contributed by atoms with Crippen LogP contribution in [0.15, 0.2) is 18.2 Å². The summed E-state index contributed by atoms with van der Waals surface area (Å²) in [5.74, 6) is 0.690. The maximum atomic E-state index is 6.11. The second kappa shape index (κ2) is 6.58. The van der Waals surface area contributed by atoms with Gasteiger partial charge in [0, 0.05) is 16.8 Å². The Balaban J connectivity index is 1.91. The maximum absolute atomic E-state index is 6.11. The molecule has 0 saturated heterocycles. The van der Waals surface area contributed by atoms with Crippen LogP contribution in [0.1, 0.15) is 38.2 Å². The van der Waals surface area contributed by atoms with E-state index in [1.54, 1.807) is 0 Å². The van der Waals surface area contributed by atoms with E-state index in [1.807, 2.05) is 25.1 Å². The van der Waals surface area contributed by atoms with E-state index < -0.39 is 0 Å². The van der Waals surface area contributed by atoms with Crippen LogP contribution in [0.25, 0.3) is 0 Å². The smallest absolute Gasteiger partial charge is 0.171 e. The van der Waals surface area contributed by atoms with Crippen LogP contribution in [0.5, 0.6) is 0 Å². The van der Waals surface area contributed by atoms with Crippen LogP contribution in [-0.2, 0) is 0 Å². The van der Waals surface area contributed by atoms with E-state index >= 15 is 0 Å². The molecule has 1 fully saturated rings. The Bertz CT molecular complexity index is 461. The van der Waals surface area contributed by atoms with Gasteiger partial charge in [0.2, 0.25) is 0 Å². The van der Waals surface area contributed by atoms with Gasteiger partial charge in [-0.15, -0.1) is 0 Å². The minimum absolute atomic E-state index is 0.495. The molecule has 1 aromatic rings. The van der Waals surface area contributed by atoms with E-state index in [0.717, 1.165) is 16.3 Å². The van der Waals surface area contributed by atoms with Gasteiger partial charge in [-0.3, -0.25) is 0 Å². The summed E-state index contributed by atoms with van der Waals surface area (Å²) in [6.07, 6.45) is 5.13. The molecule has 1 aliphatic rings. The zero-order valence-electron chi connectivity index (χ0n) is 11.5. The second-order valence-corrected chi connectivity index (χ2v) is 6.25. The summed E-state index contributed by atoms with van der Waals surface area (Å²) in [5, 5.41) is 8.10. The Morgan fingerprint density at radius 2 is 2.05 bits per heavy atom. The molecular formula is C15H21ClN2S. The second-order valence-electron chi connectivity index (χ2n) is 5.43. The number of aryl methyl sites for hydroxylation is 1. The minimum atomic E-state index is 0.495. The Morgan fingerprint density at radius 1 is 1.32 bits per heavy atom. The molecule has 1 aromatic carbocycles. The van der Waals surface area contributed by atoms with Gasteiger partial charge in [-0.1, -0.05) is 37.4 Å². The van der Waals surface area contributed by atoms with Crippen molar-refractivity contribution >= 4 is 34.6 Å². The zero-order chi connectivity index (χ0) is 13.8. The van der Waals surface area contributed by atoms with Crippen molar-refractivity contribution in [1.82, 2.24) is 5.32 Å². The lowest BCUT2D eigenvalue weighted by molar-refractivity contribution is 0.309. The van der Waals surface area contributed by atoms with Crippen molar-refractivity contribution < 1.29 is 0 Å². The summed E-state index contributed by atoms with van der Waals surface area (Å²) in [6, 6.07) is 6.40. The van der Waals surface area contributed by atoms with E-state index in [9.17, 15) is 0 Å². The van der Waals surface area contributed by atoms with E-state index in [0.29, 0.717) is 17.1 Å². The van der Waals surface area contributed by atoms with Crippen LogP contribution in [0.3, 0.4) is 0 Å². The zero-order valence-corrected chi connectivity index (χ0v) is 13.1. The molecule has 0 amide bonds. The number of benzene rings is 1. The van der Waals surface area contributed by atoms with Crippen LogP contribution in [0.4, 0.5) is 5.69 Å². The van der Waals surface area contributed by atoms with Crippen molar-refractivity contribution in [1.29, 1.82) is 0 Å². The van der Waals surface area contributed by atoms with Gasteiger partial charge in [-0.25, -0.2) is 0 Å². The number of halogens is 1. The highest BCUT2D eigenvalue weighted by molar-refractivity contribution is 7.80. The van der Waals surface area contributed by atoms with Gasteiger partial charge in [0.1, 0.15) is 0 Å². The molecule has 4 heteroatoms. The lowest BCUT2D eigenvalue weighted by atomic mass is 9.86. The molecule has 0 aromatic heterocycles. The van der Waals surface area contributed by atoms with Crippen LogP contribution in [0.2, 0.25) is 5.02 Å². The first-order chi connectivity index (χ1) is 9.06. The molecule has 0 heterocycles. The van der Waals surface area contributed by atoms with Crippen molar-refractivity contribution in [3.05, 3.63) is 28.8 Å². The average molecular weight is 297 g/mol. The predicted molar refractivity (Wildman–Crippen MR) is 87.0 cm³/mol. The molecule has 0 spiro atoms. The van der Waals surface area contributed by atoms with Gasteiger partial charge in [0.05, 0.1) is 0 Å². The van der Waals surface area contributed by atoms with Crippen molar-refractivity contribution in [2.24, 2.45) is 5.92 Å². The Morgan fingerprint density at radius 3 is 2.74 bits per heavy atom. The van der Waals surface area contributed by atoms with E-state index in [4.69, 9.17) is 23.8 Å². The van der Waals surface area contributed by atoms with Gasteiger partial charge < -0.3 is 10.6 Å². The molecule has 1 saturated carbocycles. The molecule has 1 aliphatic carbocycles. The fraction of sp³-hybridized carbons (Fsp3) is 0.533. The topological polar surface area (TPSA) is 24.1 Å². The molecular weight excluding hydrogens is 276 g/mol. The van der Waals surface area contributed by atoms with E-state index in [1.165, 1.54) is 25.7 Å². The normalized spacial score (nSPS) is 22.9. The highest BCUT2D eigenvalue weighted by Crippen LogP contribution is 2.24. The van der Waals surface area contributed by atoms with Crippen molar-refractivity contribution in [2.75, 3.05) is 5.32 Å². The minimum Gasteiger partial charge on any atom is -0.359 e. The summed E-state index contributed by atoms with van der Waals surface area (Å²) in [7, 11) is 0. The number of rotatable bonds is 2. The maximum Gasteiger partial charge on any atom is 0.171 e. The van der Waals surface area contributed by atoms with Crippen molar-refractivity contribution in [2.45, 2.75) is 45.6 Å². The third-order valence-corrected chi connectivity index (χ3v) is 4.48. The first kappa shape index (κ1) is 14.6. The number of thiocarbonyl (C=S) groups is 1. The standard InChI is InChI=1S/C15H21ClN2S/c1-10-7-8-12(9-13(10)16)17-15(19)18-14-6-4-3-5-11(14)2/h7-9,11,14H,3-6H2,1-2H3,(H2,17,18,19)/t11-,14-/m1/s1. The first-order valence-electron chi connectivity index (χ1n) is 6.90. The third kappa shape index (κ3) is 4.08. The predicted octanol–water partition coefficient (Wildman–Crippen LogP) is 4.51. The first-order valence-corrected chi connectivity index (χ1v) is 7.68. The fourth-order valence-electron chi connectivity index (χ4n) is 2.54. The molecule has 2 nitrogen and oxygen atoms in total. The Labute approximate surface area is 125 Å². The van der Waals surface area contributed by atoms with Crippen molar-refractivity contribution in [3.8, 4) is 0 Å². The SMILES string of the molecule is Cc1ccc(NC(=S)N[C@@H]2CCCC[C@H]2C)cc1Cl. The monoisotopic (exact) mass is 296 g/mol. The number of hydrogen-bond acceptors (Lipinski definition) is 1. The molecule has 104 valence electrons. The molecule has 2 rings (SSSR count). The molecule has 0 bridgehead atoms. The van der Waals surface area contributed by atoms with Gasteiger partial charge in [0.25, 0.3) is 0 Å². The van der Waals surface area contributed by atoms with Crippen LogP contribution >= 0.6 is 23.8 Å².